The number of amides is 2. The third-order valence-electron chi connectivity index (χ3n) is 5.20. The molecule has 2 aromatic rings. The summed E-state index contributed by atoms with van der Waals surface area (Å²) in [4.78, 5) is 47.5. The van der Waals surface area contributed by atoms with Crippen LogP contribution in [0.25, 0.3) is 0 Å². The summed E-state index contributed by atoms with van der Waals surface area (Å²) in [7, 11) is 1.31. The number of carboxylic acids is 1. The number of aliphatic hydroxyl groups excluding tert-OH is 1. The molecule has 4 rings (SSSR count). The van der Waals surface area contributed by atoms with E-state index in [1.54, 1.807) is 40.2 Å². The highest BCUT2D eigenvalue weighted by Crippen LogP contribution is 2.42. The SMILES string of the molecule is CON=C(C(=O)Nc1cc(SCC2C=C(C(=O)O)N3C(=O)C[C@@H]3S2)cc[n+]1NCCO)c1csc(N)n1. The van der Waals surface area contributed by atoms with Crippen LogP contribution in [0.5, 0.6) is 0 Å². The zero-order valence-corrected chi connectivity index (χ0v) is 21.9. The summed E-state index contributed by atoms with van der Waals surface area (Å²) in [5.74, 6) is -0.970. The highest BCUT2D eigenvalue weighted by Gasteiger charge is 2.45. The Bertz CT molecular complexity index is 1270. The Labute approximate surface area is 223 Å². The number of rotatable bonds is 11. The number of carbonyl (C=O) groups excluding carboxylic acids is 2. The van der Waals surface area contributed by atoms with Crippen molar-refractivity contribution in [2.24, 2.45) is 5.16 Å². The van der Waals surface area contributed by atoms with E-state index in [2.05, 4.69) is 20.9 Å². The highest BCUT2D eigenvalue weighted by molar-refractivity contribution is 8.03. The summed E-state index contributed by atoms with van der Waals surface area (Å²) < 4.78 is 1.55. The van der Waals surface area contributed by atoms with Crippen LogP contribution in [-0.4, -0.2) is 80.2 Å². The maximum Gasteiger partial charge on any atom is 0.363 e. The Morgan fingerprint density at radius 1 is 1.46 bits per heavy atom. The van der Waals surface area contributed by atoms with Crippen LogP contribution in [0, 0.1) is 0 Å². The maximum absolute atomic E-state index is 13.1. The van der Waals surface area contributed by atoms with E-state index in [4.69, 9.17) is 10.6 Å². The molecule has 1 fully saturated rings. The lowest BCUT2D eigenvalue weighted by atomic mass is 10.1. The molecule has 0 aliphatic carbocycles. The molecule has 1 unspecified atom stereocenters. The van der Waals surface area contributed by atoms with Crippen molar-refractivity contribution < 1.29 is 34.1 Å². The zero-order chi connectivity index (χ0) is 26.5. The lowest BCUT2D eigenvalue weighted by Crippen LogP contribution is -2.54. The van der Waals surface area contributed by atoms with Crippen LogP contribution >= 0.6 is 34.9 Å². The van der Waals surface area contributed by atoms with Gasteiger partial charge in [-0.2, -0.15) is 0 Å². The van der Waals surface area contributed by atoms with Crippen molar-refractivity contribution in [1.29, 1.82) is 0 Å². The van der Waals surface area contributed by atoms with Crippen LogP contribution < -0.4 is 21.2 Å². The number of nitrogens with two attached hydrogens (primary N) is 1. The molecule has 6 N–H and O–H groups in total. The normalized spacial score (nSPS) is 19.0. The summed E-state index contributed by atoms with van der Waals surface area (Å²) in [6.07, 6.45) is 3.63. The molecule has 196 valence electrons. The van der Waals surface area contributed by atoms with Crippen molar-refractivity contribution in [3.8, 4) is 0 Å². The van der Waals surface area contributed by atoms with Crippen LogP contribution in [0.4, 0.5) is 10.9 Å². The van der Waals surface area contributed by atoms with Crippen molar-refractivity contribution in [3.63, 3.8) is 0 Å². The van der Waals surface area contributed by atoms with Crippen molar-refractivity contribution in [2.45, 2.75) is 21.9 Å². The number of aromatic nitrogens is 2. The number of anilines is 2. The quantitative estimate of drug-likeness (QED) is 0.0827. The molecule has 1 saturated heterocycles. The largest absolute Gasteiger partial charge is 0.477 e. The average molecular weight is 567 g/mol. The Kier molecular flexibility index (Phi) is 8.52. The molecule has 2 atom stereocenters. The number of β-lactam (4-membered cyclic amide) rings is 1. The van der Waals surface area contributed by atoms with E-state index in [-0.39, 0.29) is 51.9 Å². The van der Waals surface area contributed by atoms with Gasteiger partial charge in [0.05, 0.1) is 24.9 Å². The van der Waals surface area contributed by atoms with Crippen molar-refractivity contribution in [1.82, 2.24) is 9.88 Å². The van der Waals surface area contributed by atoms with Crippen molar-refractivity contribution in [2.75, 3.05) is 42.5 Å². The van der Waals surface area contributed by atoms with Gasteiger partial charge in [-0.15, -0.1) is 39.5 Å². The first-order valence-electron chi connectivity index (χ1n) is 10.9. The van der Waals surface area contributed by atoms with Crippen LogP contribution in [-0.2, 0) is 19.2 Å². The Morgan fingerprint density at radius 3 is 2.92 bits per heavy atom. The maximum atomic E-state index is 13.1. The predicted octanol–water partition coefficient (Wildman–Crippen LogP) is 0.272. The average Bonchev–Trinajstić information content (AvgIpc) is 3.29. The molecule has 0 radical (unpaired) electrons. The number of hydrogen-bond acceptors (Lipinski definition) is 12. The minimum absolute atomic E-state index is 0.0188. The van der Waals surface area contributed by atoms with E-state index in [0.717, 1.165) is 16.2 Å². The number of pyridine rings is 1. The van der Waals surface area contributed by atoms with Crippen molar-refractivity contribution >= 4 is 69.3 Å². The fourth-order valence-corrected chi connectivity index (χ4v) is 6.64. The number of oxime groups is 1. The van der Waals surface area contributed by atoms with Gasteiger partial charge in [-0.25, -0.2) is 19.9 Å². The molecular weight excluding hydrogens is 542 g/mol. The fourth-order valence-electron chi connectivity index (χ4n) is 3.57. The molecule has 0 bridgehead atoms. The first-order valence-corrected chi connectivity index (χ1v) is 13.7. The molecular formula is C21H24N7O6S3+. The van der Waals surface area contributed by atoms with Gasteiger partial charge < -0.3 is 20.8 Å². The van der Waals surface area contributed by atoms with Crippen molar-refractivity contribution in [3.05, 3.63) is 41.2 Å². The second kappa shape index (κ2) is 11.8. The molecule has 4 heterocycles. The zero-order valence-electron chi connectivity index (χ0n) is 19.5. The van der Waals surface area contributed by atoms with E-state index < -0.39 is 11.9 Å². The van der Waals surface area contributed by atoms with Gasteiger partial charge in [-0.3, -0.25) is 15.1 Å². The highest BCUT2D eigenvalue weighted by atomic mass is 32.2. The smallest absolute Gasteiger partial charge is 0.363 e. The number of aliphatic hydroxyl groups is 1. The van der Waals surface area contributed by atoms with Gasteiger partial charge in [0.15, 0.2) is 5.13 Å². The monoisotopic (exact) mass is 566 g/mol. The second-order valence-corrected chi connectivity index (χ2v) is 11.1. The van der Waals surface area contributed by atoms with Gasteiger partial charge >= 0.3 is 17.7 Å². The Balaban J connectivity index is 1.51. The molecule has 2 aliphatic heterocycles. The third-order valence-corrected chi connectivity index (χ3v) is 8.54. The molecule has 0 aromatic carbocycles. The minimum Gasteiger partial charge on any atom is -0.477 e. The van der Waals surface area contributed by atoms with E-state index in [9.17, 15) is 24.6 Å². The van der Waals surface area contributed by atoms with Gasteiger partial charge in [0, 0.05) is 27.3 Å². The molecule has 37 heavy (non-hydrogen) atoms. The molecule has 13 nitrogen and oxygen atoms in total. The van der Waals surface area contributed by atoms with E-state index in [0.29, 0.717) is 18.0 Å². The summed E-state index contributed by atoms with van der Waals surface area (Å²) in [6, 6.07) is 3.56. The van der Waals surface area contributed by atoms with Gasteiger partial charge in [0.2, 0.25) is 11.6 Å². The van der Waals surface area contributed by atoms with Crippen LogP contribution in [0.2, 0.25) is 0 Å². The molecule has 0 spiro atoms. The van der Waals surface area contributed by atoms with Crippen LogP contribution in [0.1, 0.15) is 12.1 Å². The minimum atomic E-state index is -1.12. The number of nitrogen functional groups attached to an aromatic ring is 1. The van der Waals surface area contributed by atoms with Gasteiger partial charge in [0.1, 0.15) is 24.7 Å². The van der Waals surface area contributed by atoms with Gasteiger partial charge in [0.25, 0.3) is 0 Å². The number of fused-ring (bicyclic) bond motifs is 1. The topological polar surface area (TPSA) is 183 Å². The second-order valence-electron chi connectivity index (χ2n) is 7.66. The number of aliphatic carboxylic acids is 1. The van der Waals surface area contributed by atoms with Gasteiger partial charge in [-0.05, 0) is 12.1 Å². The summed E-state index contributed by atoms with van der Waals surface area (Å²) in [5, 5.41) is 26.9. The number of thioether (sulfide) groups is 2. The standard InChI is InChI=1S/C21H23N7O6S3/c1-34-26-18(13-10-36-21(22)24-13)19(31)25-15-7-11(2-4-27(15)23-3-5-29)35-9-12-6-14(20(32)33)28-16(30)8-17(28)37-12/h2,4,6-7,10,12,17,23,29H,3,5,8-9H2,1H3,(H3,22,24,32,33)/p+1/t12?,17-/m0/s1. The first-order chi connectivity index (χ1) is 17.8. The lowest BCUT2D eigenvalue weighted by molar-refractivity contribution is -0.635. The summed E-state index contributed by atoms with van der Waals surface area (Å²) in [5.41, 5.74) is 8.89. The number of carbonyl (C=O) groups is 3. The third kappa shape index (κ3) is 6.15. The van der Waals surface area contributed by atoms with Gasteiger partial charge in [-0.1, -0.05) is 5.16 Å². The summed E-state index contributed by atoms with van der Waals surface area (Å²) >= 11 is 4.18. The first kappa shape index (κ1) is 26.7. The summed E-state index contributed by atoms with van der Waals surface area (Å²) in [6.45, 7) is 0.114. The molecule has 0 saturated carbocycles. The molecule has 2 aromatic heterocycles. The number of thiazole rings is 1. The number of hydrogen-bond donors (Lipinski definition) is 5. The predicted molar refractivity (Wildman–Crippen MR) is 140 cm³/mol. The Hall–Kier alpha value is -3.34. The number of carboxylic acid groups (broad SMARTS) is 1. The van der Waals surface area contributed by atoms with Crippen LogP contribution in [0.15, 0.2) is 45.5 Å². The fraction of sp³-hybridized carbons (Fsp3) is 0.333. The Morgan fingerprint density at radius 2 is 2.27 bits per heavy atom. The number of nitrogens with one attached hydrogen (secondary N) is 2. The van der Waals surface area contributed by atoms with Crippen LogP contribution in [0.3, 0.4) is 0 Å². The lowest BCUT2D eigenvalue weighted by Gasteiger charge is -2.44. The molecule has 2 amide bonds. The van der Waals surface area contributed by atoms with E-state index in [1.807, 2.05) is 6.07 Å². The molecule has 16 heteroatoms. The van der Waals surface area contributed by atoms with E-state index >= 15 is 0 Å². The number of nitrogens with zero attached hydrogens (tertiary/aromatic N) is 4. The van der Waals surface area contributed by atoms with E-state index in [1.165, 1.54) is 23.8 Å². The molecule has 2 aliphatic rings.